The van der Waals surface area contributed by atoms with Crippen LogP contribution < -0.4 is 5.32 Å². The molecule has 0 aliphatic heterocycles. The molecule has 1 aromatic heterocycles. The van der Waals surface area contributed by atoms with Crippen LogP contribution in [0.5, 0.6) is 0 Å². The second-order valence-corrected chi connectivity index (χ2v) is 6.32. The van der Waals surface area contributed by atoms with Gasteiger partial charge in [-0.2, -0.15) is 0 Å². The van der Waals surface area contributed by atoms with Crippen LogP contribution in [-0.4, -0.2) is 17.4 Å². The summed E-state index contributed by atoms with van der Waals surface area (Å²) in [6.45, 7) is 4.94. The largest absolute Gasteiger partial charge is 0.356 e. The van der Waals surface area contributed by atoms with Gasteiger partial charge < -0.3 is 5.32 Å². The molecule has 2 rings (SSSR count). The highest BCUT2D eigenvalue weighted by molar-refractivity contribution is 7.11. The summed E-state index contributed by atoms with van der Waals surface area (Å²) >= 11 is 1.75. The predicted molar refractivity (Wildman–Crippen MR) is 79.4 cm³/mol. The summed E-state index contributed by atoms with van der Waals surface area (Å²) in [5, 5.41) is 4.13. The van der Waals surface area contributed by atoms with Gasteiger partial charge in [-0.05, 0) is 32.1 Å². The van der Waals surface area contributed by atoms with Gasteiger partial charge in [-0.3, -0.25) is 4.79 Å². The van der Waals surface area contributed by atoms with E-state index in [4.69, 9.17) is 0 Å². The third-order valence-corrected chi connectivity index (χ3v) is 4.57. The number of aromatic nitrogens is 1. The highest BCUT2D eigenvalue weighted by Crippen LogP contribution is 2.20. The van der Waals surface area contributed by atoms with Gasteiger partial charge in [-0.25, -0.2) is 4.98 Å². The van der Waals surface area contributed by atoms with E-state index in [0.717, 1.165) is 30.7 Å². The third-order valence-electron chi connectivity index (χ3n) is 3.49. The van der Waals surface area contributed by atoms with Gasteiger partial charge >= 0.3 is 0 Å². The Labute approximate surface area is 119 Å². The molecular formula is C15H22N2OS. The molecule has 0 fully saturated rings. The third kappa shape index (κ3) is 4.16. The van der Waals surface area contributed by atoms with Gasteiger partial charge in [0, 0.05) is 24.3 Å². The molecule has 3 nitrogen and oxygen atoms in total. The van der Waals surface area contributed by atoms with Crippen molar-refractivity contribution in [2.45, 2.75) is 46.0 Å². The first kappa shape index (κ1) is 14.3. The summed E-state index contributed by atoms with van der Waals surface area (Å²) in [5.41, 5.74) is 1.20. The molecule has 104 valence electrons. The Kier molecular flexibility index (Phi) is 5.14. The minimum Gasteiger partial charge on any atom is -0.356 e. The molecule has 1 heterocycles. The van der Waals surface area contributed by atoms with Crippen molar-refractivity contribution in [3.05, 3.63) is 27.7 Å². The Morgan fingerprint density at radius 1 is 1.58 bits per heavy atom. The molecule has 1 amide bonds. The van der Waals surface area contributed by atoms with E-state index in [9.17, 15) is 4.79 Å². The van der Waals surface area contributed by atoms with E-state index in [1.54, 1.807) is 11.3 Å². The van der Waals surface area contributed by atoms with Crippen LogP contribution in [0.25, 0.3) is 0 Å². The number of carbonyl (C=O) groups is 1. The molecule has 0 spiro atoms. The predicted octanol–water partition coefficient (Wildman–Crippen LogP) is 3.03. The van der Waals surface area contributed by atoms with Crippen LogP contribution >= 0.6 is 11.3 Å². The van der Waals surface area contributed by atoms with Crippen molar-refractivity contribution in [2.75, 3.05) is 6.54 Å². The first-order valence-electron chi connectivity index (χ1n) is 7.07. The number of rotatable bonds is 6. The Morgan fingerprint density at radius 2 is 2.42 bits per heavy atom. The molecule has 1 aliphatic rings. The molecule has 1 unspecified atom stereocenters. The van der Waals surface area contributed by atoms with Crippen LogP contribution in [0.4, 0.5) is 0 Å². The average molecular weight is 278 g/mol. The minimum atomic E-state index is 0.167. The normalized spacial score (nSPS) is 17.9. The van der Waals surface area contributed by atoms with Crippen LogP contribution in [0.3, 0.4) is 0 Å². The molecular weight excluding hydrogens is 256 g/mol. The number of nitrogens with one attached hydrogen (secondary N) is 1. The summed E-state index contributed by atoms with van der Waals surface area (Å²) < 4.78 is 0. The fourth-order valence-electron chi connectivity index (χ4n) is 2.41. The number of thiazole rings is 1. The number of hydrogen-bond donors (Lipinski definition) is 1. The Hall–Kier alpha value is -1.16. The van der Waals surface area contributed by atoms with E-state index >= 15 is 0 Å². The van der Waals surface area contributed by atoms with Crippen molar-refractivity contribution in [3.63, 3.8) is 0 Å². The van der Waals surface area contributed by atoms with Gasteiger partial charge in [0.15, 0.2) is 0 Å². The molecule has 0 radical (unpaired) electrons. The monoisotopic (exact) mass is 278 g/mol. The maximum absolute atomic E-state index is 11.8. The number of allylic oxidation sites excluding steroid dienone is 2. The van der Waals surface area contributed by atoms with Gasteiger partial charge in [-0.1, -0.05) is 19.1 Å². The van der Waals surface area contributed by atoms with E-state index in [1.165, 1.54) is 10.6 Å². The lowest BCUT2D eigenvalue weighted by molar-refractivity contribution is -0.121. The molecule has 4 heteroatoms. The molecule has 0 bridgehead atoms. The number of hydrogen-bond acceptors (Lipinski definition) is 3. The van der Waals surface area contributed by atoms with Crippen molar-refractivity contribution in [3.8, 4) is 0 Å². The summed E-state index contributed by atoms with van der Waals surface area (Å²) in [6.07, 6.45) is 9.04. The second kappa shape index (κ2) is 6.85. The fourth-order valence-corrected chi connectivity index (χ4v) is 3.43. The lowest BCUT2D eigenvalue weighted by Crippen LogP contribution is -2.26. The standard InChI is InChI=1S/C15H22N2OS/c1-3-13-11(2)19-15(17-13)8-9-16-14(18)10-12-6-4-5-7-12/h4,6,12H,3,5,7-10H2,1-2H3,(H,16,18). The van der Waals surface area contributed by atoms with Gasteiger partial charge in [0.1, 0.15) is 0 Å². The van der Waals surface area contributed by atoms with Gasteiger partial charge in [0.25, 0.3) is 0 Å². The molecule has 1 aromatic rings. The van der Waals surface area contributed by atoms with Crippen LogP contribution in [0.2, 0.25) is 0 Å². The van der Waals surface area contributed by atoms with E-state index < -0.39 is 0 Å². The summed E-state index contributed by atoms with van der Waals surface area (Å²) in [7, 11) is 0. The van der Waals surface area contributed by atoms with Crippen molar-refractivity contribution < 1.29 is 4.79 Å². The number of carbonyl (C=O) groups excluding carboxylic acids is 1. The van der Waals surface area contributed by atoms with E-state index in [1.807, 2.05) is 0 Å². The molecule has 0 saturated carbocycles. The second-order valence-electron chi connectivity index (χ2n) is 5.03. The number of aryl methyl sites for hydroxylation is 2. The number of nitrogens with zero attached hydrogens (tertiary/aromatic N) is 1. The van der Waals surface area contributed by atoms with Crippen molar-refractivity contribution in [1.29, 1.82) is 0 Å². The van der Waals surface area contributed by atoms with Gasteiger partial charge in [0.2, 0.25) is 5.91 Å². The van der Waals surface area contributed by atoms with Crippen LogP contribution in [-0.2, 0) is 17.6 Å². The first-order valence-corrected chi connectivity index (χ1v) is 7.89. The smallest absolute Gasteiger partial charge is 0.220 e. The van der Waals surface area contributed by atoms with E-state index in [-0.39, 0.29) is 5.91 Å². The minimum absolute atomic E-state index is 0.167. The summed E-state index contributed by atoms with van der Waals surface area (Å²) in [4.78, 5) is 17.6. The zero-order valence-electron chi connectivity index (χ0n) is 11.7. The zero-order chi connectivity index (χ0) is 13.7. The maximum Gasteiger partial charge on any atom is 0.220 e. The lowest BCUT2D eigenvalue weighted by Gasteiger charge is -2.07. The fraction of sp³-hybridized carbons (Fsp3) is 0.600. The Balaban J connectivity index is 1.70. The molecule has 0 saturated heterocycles. The summed E-state index contributed by atoms with van der Waals surface area (Å²) in [5.74, 6) is 0.620. The first-order chi connectivity index (χ1) is 9.19. The highest BCUT2D eigenvalue weighted by atomic mass is 32.1. The van der Waals surface area contributed by atoms with Gasteiger partial charge in [-0.15, -0.1) is 11.3 Å². The average Bonchev–Trinajstić information content (AvgIpc) is 2.99. The quantitative estimate of drug-likeness (QED) is 0.813. The zero-order valence-corrected chi connectivity index (χ0v) is 12.6. The molecule has 1 atom stereocenters. The van der Waals surface area contributed by atoms with Crippen LogP contribution in [0.15, 0.2) is 12.2 Å². The van der Waals surface area contributed by atoms with Crippen molar-refractivity contribution >= 4 is 17.2 Å². The Morgan fingerprint density at radius 3 is 3.05 bits per heavy atom. The lowest BCUT2D eigenvalue weighted by atomic mass is 10.1. The molecule has 1 aliphatic carbocycles. The maximum atomic E-state index is 11.8. The molecule has 1 N–H and O–H groups in total. The molecule has 19 heavy (non-hydrogen) atoms. The van der Waals surface area contributed by atoms with Crippen LogP contribution in [0.1, 0.15) is 41.8 Å². The number of amides is 1. The van der Waals surface area contributed by atoms with Crippen molar-refractivity contribution in [2.24, 2.45) is 5.92 Å². The SMILES string of the molecule is CCc1nc(CCNC(=O)CC2C=CCC2)sc1C. The molecule has 0 aromatic carbocycles. The van der Waals surface area contributed by atoms with E-state index in [2.05, 4.69) is 36.3 Å². The van der Waals surface area contributed by atoms with E-state index in [0.29, 0.717) is 18.9 Å². The van der Waals surface area contributed by atoms with Crippen molar-refractivity contribution in [1.82, 2.24) is 10.3 Å². The highest BCUT2D eigenvalue weighted by Gasteiger charge is 2.13. The summed E-state index contributed by atoms with van der Waals surface area (Å²) in [6, 6.07) is 0. The van der Waals surface area contributed by atoms with Crippen LogP contribution in [0, 0.1) is 12.8 Å². The van der Waals surface area contributed by atoms with Gasteiger partial charge in [0.05, 0.1) is 10.7 Å². The Bertz CT molecular complexity index is 465. The topological polar surface area (TPSA) is 42.0 Å².